The molecule has 1 aromatic carbocycles. The van der Waals surface area contributed by atoms with E-state index in [4.69, 9.17) is 4.74 Å². The number of benzene rings is 1. The summed E-state index contributed by atoms with van der Waals surface area (Å²) in [6.45, 7) is 8.86. The van der Waals surface area contributed by atoms with Crippen LogP contribution in [0.25, 0.3) is 0 Å². The van der Waals surface area contributed by atoms with Crippen molar-refractivity contribution in [2.24, 2.45) is 5.92 Å². The second-order valence-electron chi connectivity index (χ2n) is 6.27. The monoisotopic (exact) mass is 350 g/mol. The van der Waals surface area contributed by atoms with Gasteiger partial charge < -0.3 is 10.1 Å². The van der Waals surface area contributed by atoms with Crippen LogP contribution >= 0.6 is 15.9 Å². The van der Waals surface area contributed by atoms with Gasteiger partial charge in [-0.25, -0.2) is 0 Å². The minimum atomic E-state index is -0.0177. The van der Waals surface area contributed by atoms with Crippen LogP contribution in [0.15, 0.2) is 28.8 Å². The maximum atomic E-state index is 5.45. The maximum Gasteiger partial charge on any atom is 0.120 e. The summed E-state index contributed by atoms with van der Waals surface area (Å²) in [5, 5.41) is 3.77. The molecule has 0 saturated carbocycles. The topological polar surface area (TPSA) is 24.5 Å². The molecular weight excluding hydrogens is 328 g/mol. The number of halogens is 1. The summed E-state index contributed by atoms with van der Waals surface area (Å²) in [4.78, 5) is 2.54. The first-order chi connectivity index (χ1) is 10.0. The van der Waals surface area contributed by atoms with E-state index >= 15 is 0 Å². The van der Waals surface area contributed by atoms with Crippen LogP contribution in [0.2, 0.25) is 0 Å². The maximum absolute atomic E-state index is 5.45. The number of rotatable bonds is 3. The number of hydrogen-bond donors (Lipinski definition) is 1. The second kappa shape index (κ2) is 5.33. The van der Waals surface area contributed by atoms with Gasteiger partial charge in [-0.1, -0.05) is 19.1 Å². The number of hydrogen-bond acceptors (Lipinski definition) is 3. The van der Waals surface area contributed by atoms with Gasteiger partial charge in [0.05, 0.1) is 18.5 Å². The van der Waals surface area contributed by atoms with Gasteiger partial charge in [0.2, 0.25) is 0 Å². The number of ether oxygens (including phenoxy) is 1. The quantitative estimate of drug-likeness (QED) is 0.826. The van der Waals surface area contributed by atoms with Crippen molar-refractivity contribution in [2.75, 3.05) is 25.5 Å². The van der Waals surface area contributed by atoms with Gasteiger partial charge in [-0.15, -0.1) is 0 Å². The predicted octanol–water partition coefficient (Wildman–Crippen LogP) is 4.21. The van der Waals surface area contributed by atoms with E-state index in [0.29, 0.717) is 11.8 Å². The fraction of sp³-hybridized carbons (Fsp3) is 0.529. The summed E-state index contributed by atoms with van der Waals surface area (Å²) in [5.41, 5.74) is 2.58. The number of fused-ring (bicyclic) bond motifs is 3. The summed E-state index contributed by atoms with van der Waals surface area (Å²) in [6.07, 6.45) is 4.36. The molecule has 3 nitrogen and oxygen atoms in total. The largest absolute Gasteiger partial charge is 0.497 e. The molecule has 0 amide bonds. The molecular formula is C17H23BrN2O. The third-order valence-corrected chi connectivity index (χ3v) is 5.57. The summed E-state index contributed by atoms with van der Waals surface area (Å²) < 4.78 is 6.53. The van der Waals surface area contributed by atoms with E-state index in [1.165, 1.54) is 11.3 Å². The zero-order chi connectivity index (χ0) is 15.2. The van der Waals surface area contributed by atoms with Crippen molar-refractivity contribution in [3.63, 3.8) is 0 Å². The van der Waals surface area contributed by atoms with E-state index in [1.54, 1.807) is 7.11 Å². The van der Waals surface area contributed by atoms with Crippen LogP contribution in [0, 0.1) is 5.92 Å². The molecule has 1 unspecified atom stereocenters. The molecule has 0 aromatic heterocycles. The fourth-order valence-electron chi connectivity index (χ4n) is 4.01. The summed E-state index contributed by atoms with van der Waals surface area (Å²) in [6, 6.07) is 4.23. The Balaban J connectivity index is 2.03. The van der Waals surface area contributed by atoms with E-state index < -0.39 is 0 Å². The molecule has 2 aliphatic heterocycles. The number of nitrogens with zero attached hydrogens (tertiary/aromatic N) is 1. The van der Waals surface area contributed by atoms with Gasteiger partial charge in [0.15, 0.2) is 0 Å². The smallest absolute Gasteiger partial charge is 0.120 e. The summed E-state index contributed by atoms with van der Waals surface area (Å²) in [5.74, 6) is 2.03. The van der Waals surface area contributed by atoms with Crippen LogP contribution in [0.5, 0.6) is 5.75 Å². The highest BCUT2D eigenvalue weighted by atomic mass is 79.9. The number of methoxy groups -OCH3 is 1. The van der Waals surface area contributed by atoms with Gasteiger partial charge in [0.1, 0.15) is 5.75 Å². The SMILES string of the molecule is CC=CCN1CC(C)[C@H]2c3cc(OC)cc(Br)c3N[C@]21C. The average Bonchev–Trinajstić information content (AvgIpc) is 2.88. The zero-order valence-corrected chi connectivity index (χ0v) is 14.7. The van der Waals surface area contributed by atoms with Crippen molar-refractivity contribution < 1.29 is 4.74 Å². The minimum Gasteiger partial charge on any atom is -0.497 e. The number of likely N-dealkylation sites (tertiary alicyclic amines) is 1. The van der Waals surface area contributed by atoms with Crippen molar-refractivity contribution in [1.82, 2.24) is 4.90 Å². The molecule has 0 radical (unpaired) electrons. The highest BCUT2D eigenvalue weighted by Gasteiger charge is 2.54. The van der Waals surface area contributed by atoms with E-state index in [2.05, 4.69) is 65.1 Å². The van der Waals surface area contributed by atoms with Crippen LogP contribution in [-0.4, -0.2) is 30.8 Å². The Hall–Kier alpha value is -1.00. The van der Waals surface area contributed by atoms with Crippen LogP contribution in [0.3, 0.4) is 0 Å². The molecule has 0 aliphatic carbocycles. The van der Waals surface area contributed by atoms with Gasteiger partial charge in [-0.3, -0.25) is 4.90 Å². The highest BCUT2D eigenvalue weighted by molar-refractivity contribution is 9.10. The van der Waals surface area contributed by atoms with E-state index in [9.17, 15) is 0 Å². The summed E-state index contributed by atoms with van der Waals surface area (Å²) >= 11 is 3.69. The van der Waals surface area contributed by atoms with E-state index in [1.807, 2.05) is 6.07 Å². The van der Waals surface area contributed by atoms with Crippen LogP contribution < -0.4 is 10.1 Å². The zero-order valence-electron chi connectivity index (χ0n) is 13.1. The van der Waals surface area contributed by atoms with Crippen molar-refractivity contribution in [2.45, 2.75) is 32.4 Å². The van der Waals surface area contributed by atoms with Gasteiger partial charge in [0.25, 0.3) is 0 Å². The molecule has 0 bridgehead atoms. The van der Waals surface area contributed by atoms with Crippen LogP contribution in [0.4, 0.5) is 5.69 Å². The van der Waals surface area contributed by atoms with Crippen molar-refractivity contribution >= 4 is 21.6 Å². The Morgan fingerprint density at radius 1 is 1.52 bits per heavy atom. The molecule has 1 aromatic rings. The average molecular weight is 351 g/mol. The van der Waals surface area contributed by atoms with Crippen molar-refractivity contribution in [3.05, 3.63) is 34.3 Å². The Labute approximate surface area is 135 Å². The normalized spacial score (nSPS) is 31.3. The molecule has 2 heterocycles. The van der Waals surface area contributed by atoms with Crippen LogP contribution in [0.1, 0.15) is 32.3 Å². The third-order valence-electron chi connectivity index (χ3n) is 4.94. The lowest BCUT2D eigenvalue weighted by Crippen LogP contribution is -2.48. The highest BCUT2D eigenvalue weighted by Crippen LogP contribution is 2.55. The lowest BCUT2D eigenvalue weighted by molar-refractivity contribution is 0.197. The van der Waals surface area contributed by atoms with Gasteiger partial charge in [0, 0.05) is 23.5 Å². The molecule has 114 valence electrons. The first-order valence-electron chi connectivity index (χ1n) is 7.53. The first-order valence-corrected chi connectivity index (χ1v) is 8.32. The molecule has 21 heavy (non-hydrogen) atoms. The van der Waals surface area contributed by atoms with Crippen LogP contribution in [-0.2, 0) is 0 Å². The number of anilines is 1. The van der Waals surface area contributed by atoms with E-state index in [0.717, 1.165) is 23.3 Å². The Kier molecular flexibility index (Phi) is 3.78. The molecule has 4 heteroatoms. The standard InChI is InChI=1S/C17H23BrN2O/c1-5-6-7-20-10-11(2)15-13-8-12(21-4)9-14(18)16(13)19-17(15,20)3/h5-6,8-9,11,15,19H,7,10H2,1-4H3/t11?,15-,17-/m0/s1. The van der Waals surface area contributed by atoms with Gasteiger partial charge in [-0.05, 0) is 53.4 Å². The first kappa shape index (κ1) is 14.9. The Morgan fingerprint density at radius 2 is 2.29 bits per heavy atom. The Morgan fingerprint density at radius 3 is 2.95 bits per heavy atom. The number of nitrogens with one attached hydrogen (secondary N) is 1. The molecule has 3 rings (SSSR count). The molecule has 0 spiro atoms. The second-order valence-corrected chi connectivity index (χ2v) is 7.13. The number of allylic oxidation sites excluding steroid dienone is 1. The van der Waals surface area contributed by atoms with Gasteiger partial charge >= 0.3 is 0 Å². The van der Waals surface area contributed by atoms with Crippen molar-refractivity contribution in [1.29, 1.82) is 0 Å². The third kappa shape index (κ3) is 2.20. The lowest BCUT2D eigenvalue weighted by Gasteiger charge is -2.35. The lowest BCUT2D eigenvalue weighted by atomic mass is 9.85. The van der Waals surface area contributed by atoms with E-state index in [-0.39, 0.29) is 5.66 Å². The summed E-state index contributed by atoms with van der Waals surface area (Å²) in [7, 11) is 1.73. The molecule has 1 N–H and O–H groups in total. The molecule has 1 fully saturated rings. The fourth-order valence-corrected chi connectivity index (χ4v) is 4.56. The van der Waals surface area contributed by atoms with Gasteiger partial charge in [-0.2, -0.15) is 0 Å². The van der Waals surface area contributed by atoms with Crippen molar-refractivity contribution in [3.8, 4) is 5.75 Å². The minimum absolute atomic E-state index is 0.0177. The molecule has 2 aliphatic rings. The molecule has 1 saturated heterocycles. The molecule has 3 atom stereocenters. The Bertz CT molecular complexity index is 586. The predicted molar refractivity (Wildman–Crippen MR) is 91.0 cm³/mol.